The molecule has 0 amide bonds. The van der Waals surface area contributed by atoms with E-state index in [-0.39, 0.29) is 32.7 Å². The van der Waals surface area contributed by atoms with Crippen molar-refractivity contribution in [2.24, 2.45) is 5.92 Å². The Bertz CT molecular complexity index is 53.4. The Morgan fingerprint density at radius 3 is 2.25 bits per heavy atom. The van der Waals surface area contributed by atoms with Gasteiger partial charge in [-0.05, 0) is 0 Å². The van der Waals surface area contributed by atoms with Crippen LogP contribution in [0.1, 0.15) is 33.1 Å². The smallest absolute Gasteiger partial charge is 0 e. The molecule has 0 saturated heterocycles. The summed E-state index contributed by atoms with van der Waals surface area (Å²) in [5.74, 6) is 2.64. The molecule has 1 saturated carbocycles. The van der Waals surface area contributed by atoms with Crippen molar-refractivity contribution in [3.05, 3.63) is 5.92 Å². The minimum absolute atomic E-state index is 0. The van der Waals surface area contributed by atoms with Crippen LogP contribution in [0.25, 0.3) is 0 Å². The summed E-state index contributed by atoms with van der Waals surface area (Å²) in [7, 11) is 0. The topological polar surface area (TPSA) is 0 Å². The Morgan fingerprint density at radius 2 is 2.12 bits per heavy atom. The van der Waals surface area contributed by atoms with E-state index in [0.29, 0.717) is 0 Å². The van der Waals surface area contributed by atoms with E-state index in [2.05, 4.69) is 13.8 Å². The van der Waals surface area contributed by atoms with Gasteiger partial charge in [0.2, 0.25) is 0 Å². The predicted octanol–water partition coefficient (Wildman–Crippen LogP) is 2.40. The van der Waals surface area contributed by atoms with Crippen LogP contribution in [0.2, 0.25) is 0 Å². The minimum atomic E-state index is 0. The van der Waals surface area contributed by atoms with Gasteiger partial charge in [0.25, 0.3) is 0 Å². The molecule has 0 spiro atoms. The largest absolute Gasteiger partial charge is 0.314 e. The van der Waals surface area contributed by atoms with Gasteiger partial charge in [-0.1, -0.05) is 19.8 Å². The maximum Gasteiger partial charge on any atom is 0 e. The fourth-order valence-corrected chi connectivity index (χ4v) is 1.18. The third-order valence-electron chi connectivity index (χ3n) is 2.05. The monoisotopic (exact) mass is 186 g/mol. The molecule has 0 nitrogen and oxygen atoms in total. The van der Waals surface area contributed by atoms with Gasteiger partial charge in [0.1, 0.15) is 0 Å². The van der Waals surface area contributed by atoms with Gasteiger partial charge in [0.05, 0.1) is 0 Å². The third kappa shape index (κ3) is 2.15. The first kappa shape index (κ1) is 9.10. The van der Waals surface area contributed by atoms with E-state index >= 15 is 0 Å². The third-order valence-corrected chi connectivity index (χ3v) is 2.05. The molecule has 45 valence electrons. The molecule has 1 heteroatoms. The van der Waals surface area contributed by atoms with Crippen LogP contribution in [0.3, 0.4) is 0 Å². The van der Waals surface area contributed by atoms with E-state index in [0.717, 1.165) is 5.92 Å². The molecule has 1 rings (SSSR count). The van der Waals surface area contributed by atoms with Crippen molar-refractivity contribution >= 4 is 0 Å². The van der Waals surface area contributed by atoms with Gasteiger partial charge in [-0.2, -0.15) is 19.3 Å². The van der Waals surface area contributed by atoms with Crippen LogP contribution in [-0.2, 0) is 32.7 Å². The summed E-state index contributed by atoms with van der Waals surface area (Å²) in [5, 5.41) is 0. The first-order valence-electron chi connectivity index (χ1n) is 3.13. The molecule has 1 aliphatic rings. The zero-order valence-corrected chi connectivity index (χ0v) is 8.61. The van der Waals surface area contributed by atoms with Crippen LogP contribution < -0.4 is 0 Å². The van der Waals surface area contributed by atoms with Crippen LogP contribution in [-0.4, -0.2) is 0 Å². The van der Waals surface area contributed by atoms with Crippen molar-refractivity contribution in [1.29, 1.82) is 0 Å². The minimum Gasteiger partial charge on any atom is -0.314 e. The second-order valence-corrected chi connectivity index (χ2v) is 2.64. The molecule has 0 aromatic rings. The summed E-state index contributed by atoms with van der Waals surface area (Å²) in [6.07, 6.45) is 4.26. The van der Waals surface area contributed by atoms with E-state index in [4.69, 9.17) is 0 Å². The van der Waals surface area contributed by atoms with Crippen LogP contribution in [0, 0.1) is 11.8 Å². The summed E-state index contributed by atoms with van der Waals surface area (Å²) < 4.78 is 0. The van der Waals surface area contributed by atoms with Gasteiger partial charge in [-0.15, -0.1) is 0 Å². The quantitative estimate of drug-likeness (QED) is 0.509. The average Bonchev–Trinajstić information content (AvgIpc) is 1.91. The van der Waals surface area contributed by atoms with Crippen LogP contribution in [0.4, 0.5) is 0 Å². The van der Waals surface area contributed by atoms with Gasteiger partial charge in [-0.25, -0.2) is 0 Å². The normalized spacial score (nSPS) is 30.0. The standard InChI is InChI=1S/C7H13.Y/c1-6-4-3-5-7(6)2;/h6H,3-5H2,1-2H3;/q-1;. The van der Waals surface area contributed by atoms with E-state index in [1.807, 2.05) is 0 Å². The Kier molecular flexibility index (Phi) is 4.56. The molecule has 0 heterocycles. The first-order valence-corrected chi connectivity index (χ1v) is 3.13. The zero-order chi connectivity index (χ0) is 5.28. The molecule has 0 aliphatic heterocycles. The Balaban J connectivity index is 0.000000490. The van der Waals surface area contributed by atoms with Gasteiger partial charge in [0.15, 0.2) is 0 Å². The maximum atomic E-state index is 2.32. The predicted molar refractivity (Wildman–Crippen MR) is 31.9 cm³/mol. The number of hydrogen-bond acceptors (Lipinski definition) is 0. The van der Waals surface area contributed by atoms with Gasteiger partial charge >= 0.3 is 0 Å². The van der Waals surface area contributed by atoms with Crippen LogP contribution in [0.5, 0.6) is 0 Å². The molecule has 8 heavy (non-hydrogen) atoms. The molecular weight excluding hydrogens is 173 g/mol. The Morgan fingerprint density at radius 1 is 1.50 bits per heavy atom. The van der Waals surface area contributed by atoms with Crippen molar-refractivity contribution in [2.45, 2.75) is 33.1 Å². The average molecular weight is 186 g/mol. The van der Waals surface area contributed by atoms with Crippen molar-refractivity contribution in [1.82, 2.24) is 0 Å². The second-order valence-electron chi connectivity index (χ2n) is 2.64. The van der Waals surface area contributed by atoms with Gasteiger partial charge in [-0.3, -0.25) is 0 Å². The summed E-state index contributed by atoms with van der Waals surface area (Å²) in [6.45, 7) is 4.60. The second kappa shape index (κ2) is 4.01. The first-order chi connectivity index (χ1) is 3.30. The van der Waals surface area contributed by atoms with Crippen LogP contribution in [0.15, 0.2) is 0 Å². The van der Waals surface area contributed by atoms with Crippen LogP contribution >= 0.6 is 0 Å². The van der Waals surface area contributed by atoms with Crippen molar-refractivity contribution in [2.75, 3.05) is 0 Å². The summed E-state index contributed by atoms with van der Waals surface area (Å²) in [6, 6.07) is 0. The molecular formula is C7H13Y-. The fourth-order valence-electron chi connectivity index (χ4n) is 1.18. The molecule has 0 aromatic heterocycles. The fraction of sp³-hybridized carbons (Fsp3) is 0.857. The molecule has 1 atom stereocenters. The van der Waals surface area contributed by atoms with Crippen molar-refractivity contribution in [3.8, 4) is 0 Å². The van der Waals surface area contributed by atoms with Crippen molar-refractivity contribution < 1.29 is 32.7 Å². The van der Waals surface area contributed by atoms with E-state index in [9.17, 15) is 0 Å². The molecule has 1 fully saturated rings. The SMILES string of the molecule is C[C-]1CCCC1C.[Y]. The van der Waals surface area contributed by atoms with Crippen molar-refractivity contribution in [3.63, 3.8) is 0 Å². The number of rotatable bonds is 0. The molecule has 0 bridgehead atoms. The van der Waals surface area contributed by atoms with E-state index in [1.54, 1.807) is 5.92 Å². The zero-order valence-electron chi connectivity index (χ0n) is 5.78. The summed E-state index contributed by atoms with van der Waals surface area (Å²) >= 11 is 0. The number of hydrogen-bond donors (Lipinski definition) is 0. The Hall–Kier alpha value is 1.10. The summed E-state index contributed by atoms with van der Waals surface area (Å²) in [5.41, 5.74) is 0. The van der Waals surface area contributed by atoms with Gasteiger partial charge < -0.3 is 5.92 Å². The molecule has 1 radical (unpaired) electrons. The summed E-state index contributed by atoms with van der Waals surface area (Å²) in [4.78, 5) is 0. The van der Waals surface area contributed by atoms with E-state index < -0.39 is 0 Å². The molecule has 1 unspecified atom stereocenters. The van der Waals surface area contributed by atoms with Gasteiger partial charge in [0, 0.05) is 32.7 Å². The molecule has 0 N–H and O–H groups in total. The molecule has 0 aromatic carbocycles. The molecule has 1 aliphatic carbocycles. The maximum absolute atomic E-state index is 2.32. The van der Waals surface area contributed by atoms with E-state index in [1.165, 1.54) is 19.3 Å². The Labute approximate surface area is 77.3 Å².